The summed E-state index contributed by atoms with van der Waals surface area (Å²) in [5.74, 6) is 0.482. The zero-order valence-corrected chi connectivity index (χ0v) is 25.6. The monoisotopic (exact) mass is 599 g/mol. The van der Waals surface area contributed by atoms with Crippen LogP contribution in [0.25, 0.3) is 11.3 Å². The third kappa shape index (κ3) is 8.52. The van der Waals surface area contributed by atoms with Gasteiger partial charge in [0.2, 0.25) is 0 Å². The van der Waals surface area contributed by atoms with Crippen molar-refractivity contribution < 1.29 is 18.7 Å². The first-order chi connectivity index (χ1) is 20.9. The van der Waals surface area contributed by atoms with Gasteiger partial charge >= 0.3 is 5.97 Å². The van der Waals surface area contributed by atoms with Crippen molar-refractivity contribution in [3.05, 3.63) is 95.8 Å². The zero-order chi connectivity index (χ0) is 30.6. The molecular weight excluding hydrogens is 562 g/mol. The number of aromatic nitrogens is 2. The summed E-state index contributed by atoms with van der Waals surface area (Å²) in [5.41, 5.74) is 4.76. The number of unbranched alkanes of at least 4 members (excludes halogenated alkanes) is 1. The van der Waals surface area contributed by atoms with E-state index in [9.17, 15) is 9.59 Å². The Bertz CT molecular complexity index is 1520. The standard InChI is InChI=1S/C33H37N5O4S/c1-4-5-17-37(22-28-20-35-23-38(28)21-25-8-6-24(19-34)7-9-25)27-12-10-26(11-13-27)30-14-15-31(42-30)32(39)36-29(16-18-43-3)33(40)41-2/h6-15,20,23,29H,4-5,16-18,21-22H2,1-3H3,(H,36,39)/t29-/m0/s1. The van der Waals surface area contributed by atoms with Gasteiger partial charge in [0.25, 0.3) is 5.91 Å². The van der Waals surface area contributed by atoms with Gasteiger partial charge in [-0.25, -0.2) is 9.78 Å². The van der Waals surface area contributed by atoms with Crippen LogP contribution in [0.1, 0.15) is 53.6 Å². The number of hydrogen-bond acceptors (Lipinski definition) is 8. The van der Waals surface area contributed by atoms with Crippen molar-refractivity contribution in [3.63, 3.8) is 0 Å². The fraction of sp³-hybridized carbons (Fsp3) is 0.333. The van der Waals surface area contributed by atoms with Crippen LogP contribution in [0.4, 0.5) is 5.69 Å². The maximum atomic E-state index is 12.8. The summed E-state index contributed by atoms with van der Waals surface area (Å²) in [5, 5.41) is 11.8. The maximum Gasteiger partial charge on any atom is 0.328 e. The molecule has 10 heteroatoms. The predicted octanol–water partition coefficient (Wildman–Crippen LogP) is 5.89. The Labute approximate surface area is 256 Å². The van der Waals surface area contributed by atoms with Crippen LogP contribution in [0.15, 0.2) is 77.6 Å². The van der Waals surface area contributed by atoms with Gasteiger partial charge in [-0.3, -0.25) is 4.79 Å². The van der Waals surface area contributed by atoms with E-state index in [-0.39, 0.29) is 5.76 Å². The van der Waals surface area contributed by atoms with Crippen LogP contribution in [-0.4, -0.2) is 53.1 Å². The van der Waals surface area contributed by atoms with Crippen LogP contribution >= 0.6 is 11.8 Å². The summed E-state index contributed by atoms with van der Waals surface area (Å²) < 4.78 is 12.8. The van der Waals surface area contributed by atoms with Crippen LogP contribution in [0, 0.1) is 11.3 Å². The molecule has 2 aromatic heterocycles. The molecule has 0 saturated heterocycles. The van der Waals surface area contributed by atoms with E-state index >= 15 is 0 Å². The fourth-order valence-corrected chi connectivity index (χ4v) is 5.13. The number of carbonyl (C=O) groups is 2. The molecule has 1 atom stereocenters. The van der Waals surface area contributed by atoms with Gasteiger partial charge in [0.15, 0.2) is 5.76 Å². The number of esters is 1. The second-order valence-corrected chi connectivity index (χ2v) is 11.1. The SMILES string of the molecule is CCCCN(Cc1cncn1Cc1ccc(C#N)cc1)c1ccc(-c2ccc(C(=O)N[C@@H](CCSC)C(=O)OC)o2)cc1. The van der Waals surface area contributed by atoms with Gasteiger partial charge in [-0.15, -0.1) is 0 Å². The highest BCUT2D eigenvalue weighted by molar-refractivity contribution is 7.98. The minimum absolute atomic E-state index is 0.136. The highest BCUT2D eigenvalue weighted by Gasteiger charge is 2.23. The molecule has 0 aliphatic heterocycles. The minimum atomic E-state index is -0.729. The topological polar surface area (TPSA) is 113 Å². The van der Waals surface area contributed by atoms with Crippen molar-refractivity contribution >= 4 is 29.3 Å². The first kappa shape index (κ1) is 31.4. The molecule has 9 nitrogen and oxygen atoms in total. The normalized spacial score (nSPS) is 11.5. The summed E-state index contributed by atoms with van der Waals surface area (Å²) in [6.07, 6.45) is 8.28. The van der Waals surface area contributed by atoms with E-state index in [2.05, 4.69) is 44.9 Å². The van der Waals surface area contributed by atoms with E-state index < -0.39 is 17.9 Å². The molecule has 43 heavy (non-hydrogen) atoms. The number of nitrogens with zero attached hydrogens (tertiary/aromatic N) is 4. The average Bonchev–Trinajstić information content (AvgIpc) is 3.71. The van der Waals surface area contributed by atoms with Crippen molar-refractivity contribution in [3.8, 4) is 17.4 Å². The summed E-state index contributed by atoms with van der Waals surface area (Å²) in [6, 6.07) is 20.5. The number of furan rings is 1. The molecule has 2 heterocycles. The number of methoxy groups -OCH3 is 1. The Morgan fingerprint density at radius 1 is 1.14 bits per heavy atom. The van der Waals surface area contributed by atoms with Crippen LogP contribution in [-0.2, 0) is 22.6 Å². The van der Waals surface area contributed by atoms with E-state index in [0.717, 1.165) is 41.9 Å². The Hall–Kier alpha value is -4.49. The lowest BCUT2D eigenvalue weighted by Gasteiger charge is -2.25. The van der Waals surface area contributed by atoms with Gasteiger partial charge in [-0.2, -0.15) is 17.0 Å². The van der Waals surface area contributed by atoms with Crippen molar-refractivity contribution in [1.82, 2.24) is 14.9 Å². The lowest BCUT2D eigenvalue weighted by atomic mass is 10.1. The van der Waals surface area contributed by atoms with E-state index in [1.807, 2.05) is 55.2 Å². The first-order valence-corrected chi connectivity index (χ1v) is 15.7. The molecule has 224 valence electrons. The van der Waals surface area contributed by atoms with Crippen LogP contribution in [0.2, 0.25) is 0 Å². The minimum Gasteiger partial charge on any atom is -0.467 e. The molecule has 0 fully saturated rings. The first-order valence-electron chi connectivity index (χ1n) is 14.3. The van der Waals surface area contributed by atoms with Gasteiger partial charge in [0, 0.05) is 30.5 Å². The second kappa shape index (κ2) is 15.7. The molecule has 0 aliphatic rings. The molecule has 0 unspecified atom stereocenters. The van der Waals surface area contributed by atoms with Gasteiger partial charge in [0.05, 0.1) is 37.3 Å². The number of benzene rings is 2. The second-order valence-electron chi connectivity index (χ2n) is 10.1. The molecule has 0 radical (unpaired) electrons. The van der Waals surface area contributed by atoms with Crippen LogP contribution in [0.5, 0.6) is 0 Å². The number of nitrogens with one attached hydrogen (secondary N) is 1. The van der Waals surface area contributed by atoms with E-state index in [1.54, 1.807) is 23.9 Å². The smallest absolute Gasteiger partial charge is 0.328 e. The molecule has 1 amide bonds. The zero-order valence-electron chi connectivity index (χ0n) is 24.8. The largest absolute Gasteiger partial charge is 0.467 e. The molecule has 0 saturated carbocycles. The summed E-state index contributed by atoms with van der Waals surface area (Å²) in [4.78, 5) is 31.6. The van der Waals surface area contributed by atoms with Crippen molar-refractivity contribution in [2.75, 3.05) is 30.6 Å². The van der Waals surface area contributed by atoms with Crippen molar-refractivity contribution in [2.24, 2.45) is 0 Å². The number of hydrogen-bond donors (Lipinski definition) is 1. The third-order valence-corrected chi connectivity index (χ3v) is 7.76. The number of nitriles is 1. The quantitative estimate of drug-likeness (QED) is 0.168. The lowest BCUT2D eigenvalue weighted by Crippen LogP contribution is -2.41. The lowest BCUT2D eigenvalue weighted by molar-refractivity contribution is -0.142. The number of thioether (sulfide) groups is 1. The predicted molar refractivity (Wildman–Crippen MR) is 169 cm³/mol. The molecule has 2 aromatic carbocycles. The number of amides is 1. The van der Waals surface area contributed by atoms with E-state index in [4.69, 9.17) is 14.4 Å². The summed E-state index contributed by atoms with van der Waals surface area (Å²) in [6.45, 7) is 4.44. The Morgan fingerprint density at radius 2 is 1.91 bits per heavy atom. The van der Waals surface area contributed by atoms with Gasteiger partial charge < -0.3 is 23.9 Å². The van der Waals surface area contributed by atoms with Crippen LogP contribution < -0.4 is 10.2 Å². The molecule has 0 spiro atoms. The number of anilines is 1. The molecule has 4 rings (SSSR count). The number of imidazole rings is 1. The van der Waals surface area contributed by atoms with Crippen molar-refractivity contribution in [2.45, 2.75) is 45.3 Å². The highest BCUT2D eigenvalue weighted by Crippen LogP contribution is 2.27. The van der Waals surface area contributed by atoms with E-state index in [1.165, 1.54) is 7.11 Å². The van der Waals surface area contributed by atoms with Crippen molar-refractivity contribution in [1.29, 1.82) is 5.26 Å². The molecule has 0 bridgehead atoms. The fourth-order valence-electron chi connectivity index (χ4n) is 4.66. The molecular formula is C33H37N5O4S. The molecule has 0 aliphatic carbocycles. The molecule has 1 N–H and O–H groups in total. The average molecular weight is 600 g/mol. The Balaban J connectivity index is 1.45. The maximum absolute atomic E-state index is 12.8. The number of carbonyl (C=O) groups excluding carboxylic acids is 2. The highest BCUT2D eigenvalue weighted by atomic mass is 32.2. The van der Waals surface area contributed by atoms with Crippen LogP contribution in [0.3, 0.4) is 0 Å². The third-order valence-electron chi connectivity index (χ3n) is 7.12. The Morgan fingerprint density at radius 3 is 2.58 bits per heavy atom. The number of ether oxygens (including phenoxy) is 1. The van der Waals surface area contributed by atoms with Gasteiger partial charge in [0.1, 0.15) is 11.8 Å². The van der Waals surface area contributed by atoms with Gasteiger partial charge in [-0.05, 0) is 78.9 Å². The van der Waals surface area contributed by atoms with E-state index in [0.29, 0.717) is 36.6 Å². The van der Waals surface area contributed by atoms with Gasteiger partial charge in [-0.1, -0.05) is 25.5 Å². The summed E-state index contributed by atoms with van der Waals surface area (Å²) >= 11 is 1.59. The molecule has 4 aromatic rings. The number of rotatable bonds is 15. The Kier molecular flexibility index (Phi) is 11.5. The summed E-state index contributed by atoms with van der Waals surface area (Å²) in [7, 11) is 1.31.